The SMILES string of the molecule is Cc1ccccc1CN1CCC(c2nc3ccccc3[nH]2)C1. The van der Waals surface area contributed by atoms with Crippen molar-refractivity contribution in [3.63, 3.8) is 0 Å². The molecule has 2 aromatic carbocycles. The van der Waals surface area contributed by atoms with E-state index in [0.717, 1.165) is 36.5 Å². The monoisotopic (exact) mass is 291 g/mol. The van der Waals surface area contributed by atoms with Crippen LogP contribution in [0.3, 0.4) is 0 Å². The van der Waals surface area contributed by atoms with E-state index in [1.54, 1.807) is 0 Å². The molecule has 1 aliphatic rings. The van der Waals surface area contributed by atoms with Crippen molar-refractivity contribution in [1.29, 1.82) is 0 Å². The molecule has 1 fully saturated rings. The number of aromatic amines is 1. The Morgan fingerprint density at radius 3 is 2.82 bits per heavy atom. The molecule has 3 aromatic rings. The minimum Gasteiger partial charge on any atom is -0.342 e. The van der Waals surface area contributed by atoms with Gasteiger partial charge in [0.1, 0.15) is 5.82 Å². The van der Waals surface area contributed by atoms with Crippen molar-refractivity contribution < 1.29 is 0 Å². The average Bonchev–Trinajstić information content (AvgIpc) is 3.15. The van der Waals surface area contributed by atoms with Crippen molar-refractivity contribution >= 4 is 11.0 Å². The molecule has 1 saturated heterocycles. The number of aromatic nitrogens is 2. The molecule has 3 nitrogen and oxygen atoms in total. The summed E-state index contributed by atoms with van der Waals surface area (Å²) in [5, 5.41) is 0. The van der Waals surface area contributed by atoms with Gasteiger partial charge in [0.15, 0.2) is 0 Å². The number of fused-ring (bicyclic) bond motifs is 1. The zero-order valence-electron chi connectivity index (χ0n) is 12.9. The minimum absolute atomic E-state index is 0.524. The summed E-state index contributed by atoms with van der Waals surface area (Å²) in [6.07, 6.45) is 1.19. The van der Waals surface area contributed by atoms with Crippen LogP contribution in [0.25, 0.3) is 11.0 Å². The fourth-order valence-electron chi connectivity index (χ4n) is 3.39. The summed E-state index contributed by atoms with van der Waals surface area (Å²) in [4.78, 5) is 10.8. The van der Waals surface area contributed by atoms with Gasteiger partial charge in [-0.1, -0.05) is 36.4 Å². The van der Waals surface area contributed by atoms with Crippen LogP contribution in [0.1, 0.15) is 29.3 Å². The molecule has 112 valence electrons. The quantitative estimate of drug-likeness (QED) is 0.794. The van der Waals surface area contributed by atoms with Crippen LogP contribution < -0.4 is 0 Å². The highest BCUT2D eigenvalue weighted by molar-refractivity contribution is 5.74. The molecule has 1 atom stereocenters. The zero-order chi connectivity index (χ0) is 14.9. The second kappa shape index (κ2) is 5.58. The molecular weight excluding hydrogens is 270 g/mol. The molecule has 0 saturated carbocycles. The topological polar surface area (TPSA) is 31.9 Å². The normalized spacial score (nSPS) is 19.0. The van der Waals surface area contributed by atoms with Crippen molar-refractivity contribution in [2.75, 3.05) is 13.1 Å². The van der Waals surface area contributed by atoms with E-state index >= 15 is 0 Å². The maximum absolute atomic E-state index is 4.77. The van der Waals surface area contributed by atoms with Crippen LogP contribution in [-0.2, 0) is 6.54 Å². The van der Waals surface area contributed by atoms with Gasteiger partial charge in [0.25, 0.3) is 0 Å². The second-order valence-corrected chi connectivity index (χ2v) is 6.29. The number of hydrogen-bond donors (Lipinski definition) is 1. The third kappa shape index (κ3) is 2.53. The molecule has 22 heavy (non-hydrogen) atoms. The lowest BCUT2D eigenvalue weighted by molar-refractivity contribution is 0.325. The molecule has 3 heteroatoms. The first kappa shape index (κ1) is 13.5. The zero-order valence-corrected chi connectivity index (χ0v) is 12.9. The number of nitrogens with one attached hydrogen (secondary N) is 1. The number of likely N-dealkylation sites (tertiary alicyclic amines) is 1. The number of nitrogens with zero attached hydrogens (tertiary/aromatic N) is 2. The molecule has 0 aliphatic carbocycles. The largest absolute Gasteiger partial charge is 0.342 e. The molecule has 0 spiro atoms. The van der Waals surface area contributed by atoms with E-state index in [4.69, 9.17) is 4.98 Å². The first-order valence-electron chi connectivity index (χ1n) is 8.01. The maximum atomic E-state index is 4.77. The lowest BCUT2D eigenvalue weighted by Crippen LogP contribution is -2.20. The fourth-order valence-corrected chi connectivity index (χ4v) is 3.39. The van der Waals surface area contributed by atoms with Crippen molar-refractivity contribution in [1.82, 2.24) is 14.9 Å². The van der Waals surface area contributed by atoms with E-state index in [0.29, 0.717) is 5.92 Å². The van der Waals surface area contributed by atoms with Gasteiger partial charge < -0.3 is 4.98 Å². The first-order chi connectivity index (χ1) is 10.8. The summed E-state index contributed by atoms with van der Waals surface area (Å²) in [6, 6.07) is 17.0. The van der Waals surface area contributed by atoms with E-state index < -0.39 is 0 Å². The Hall–Kier alpha value is -2.13. The van der Waals surface area contributed by atoms with Crippen molar-refractivity contribution in [3.05, 3.63) is 65.5 Å². The Balaban J connectivity index is 1.49. The van der Waals surface area contributed by atoms with Crippen LogP contribution in [-0.4, -0.2) is 28.0 Å². The van der Waals surface area contributed by atoms with Crippen LogP contribution in [0.2, 0.25) is 0 Å². The number of imidazole rings is 1. The Kier molecular flexibility index (Phi) is 3.43. The van der Waals surface area contributed by atoms with Crippen LogP contribution in [0.5, 0.6) is 0 Å². The van der Waals surface area contributed by atoms with E-state index in [-0.39, 0.29) is 0 Å². The maximum Gasteiger partial charge on any atom is 0.111 e. The van der Waals surface area contributed by atoms with Gasteiger partial charge in [0.05, 0.1) is 11.0 Å². The van der Waals surface area contributed by atoms with Gasteiger partial charge in [0, 0.05) is 19.0 Å². The van der Waals surface area contributed by atoms with E-state index in [9.17, 15) is 0 Å². The van der Waals surface area contributed by atoms with Gasteiger partial charge in [-0.3, -0.25) is 4.90 Å². The van der Waals surface area contributed by atoms with Gasteiger partial charge in [-0.15, -0.1) is 0 Å². The molecule has 1 aromatic heterocycles. The van der Waals surface area contributed by atoms with Gasteiger partial charge in [-0.2, -0.15) is 0 Å². The van der Waals surface area contributed by atoms with Gasteiger partial charge >= 0.3 is 0 Å². The van der Waals surface area contributed by atoms with E-state index in [2.05, 4.69) is 59.3 Å². The third-order valence-corrected chi connectivity index (χ3v) is 4.72. The molecule has 0 radical (unpaired) electrons. The van der Waals surface area contributed by atoms with Crippen molar-refractivity contribution in [2.24, 2.45) is 0 Å². The molecule has 1 N–H and O–H groups in total. The molecule has 2 heterocycles. The number of rotatable bonds is 3. The summed E-state index contributed by atoms with van der Waals surface area (Å²) in [6.45, 7) is 5.48. The highest BCUT2D eigenvalue weighted by Crippen LogP contribution is 2.28. The number of para-hydroxylation sites is 2. The molecular formula is C19H21N3. The summed E-state index contributed by atoms with van der Waals surface area (Å²) in [5.41, 5.74) is 5.05. The Morgan fingerprint density at radius 1 is 1.14 bits per heavy atom. The van der Waals surface area contributed by atoms with Crippen LogP contribution >= 0.6 is 0 Å². The van der Waals surface area contributed by atoms with Crippen LogP contribution in [0.15, 0.2) is 48.5 Å². The van der Waals surface area contributed by atoms with Gasteiger partial charge in [-0.05, 0) is 43.1 Å². The highest BCUT2D eigenvalue weighted by Gasteiger charge is 2.26. The number of hydrogen-bond acceptors (Lipinski definition) is 2. The predicted molar refractivity (Wildman–Crippen MR) is 89.9 cm³/mol. The number of benzene rings is 2. The predicted octanol–water partition coefficient (Wildman–Crippen LogP) is 3.86. The van der Waals surface area contributed by atoms with Crippen molar-refractivity contribution in [3.8, 4) is 0 Å². The van der Waals surface area contributed by atoms with E-state index in [1.165, 1.54) is 17.5 Å². The summed E-state index contributed by atoms with van der Waals surface area (Å²) in [5.74, 6) is 1.67. The Morgan fingerprint density at radius 2 is 1.95 bits per heavy atom. The lowest BCUT2D eigenvalue weighted by atomic mass is 10.1. The smallest absolute Gasteiger partial charge is 0.111 e. The Labute approximate surface area is 131 Å². The minimum atomic E-state index is 0.524. The molecule has 0 amide bonds. The lowest BCUT2D eigenvalue weighted by Gasteiger charge is -2.17. The fraction of sp³-hybridized carbons (Fsp3) is 0.316. The highest BCUT2D eigenvalue weighted by atomic mass is 15.2. The van der Waals surface area contributed by atoms with Crippen molar-refractivity contribution in [2.45, 2.75) is 25.8 Å². The first-order valence-corrected chi connectivity index (χ1v) is 8.01. The number of aryl methyl sites for hydroxylation is 1. The molecule has 4 rings (SSSR count). The summed E-state index contributed by atoms with van der Waals surface area (Å²) in [7, 11) is 0. The standard InChI is InChI=1S/C19H21N3/c1-14-6-2-3-7-15(14)12-22-11-10-16(13-22)19-20-17-8-4-5-9-18(17)21-19/h2-9,16H,10-13H2,1H3,(H,20,21). The van der Waals surface area contributed by atoms with Gasteiger partial charge in [-0.25, -0.2) is 4.98 Å². The molecule has 1 aliphatic heterocycles. The summed E-state index contributed by atoms with van der Waals surface area (Å²) >= 11 is 0. The van der Waals surface area contributed by atoms with Crippen LogP contribution in [0, 0.1) is 6.92 Å². The second-order valence-electron chi connectivity index (χ2n) is 6.29. The molecule has 0 bridgehead atoms. The molecule has 1 unspecified atom stereocenters. The Bertz CT molecular complexity index is 757. The summed E-state index contributed by atoms with van der Waals surface area (Å²) < 4.78 is 0. The van der Waals surface area contributed by atoms with Crippen LogP contribution in [0.4, 0.5) is 0 Å². The van der Waals surface area contributed by atoms with Gasteiger partial charge in [0.2, 0.25) is 0 Å². The average molecular weight is 291 g/mol. The third-order valence-electron chi connectivity index (χ3n) is 4.72. The van der Waals surface area contributed by atoms with E-state index in [1.807, 2.05) is 6.07 Å². The number of H-pyrrole nitrogens is 1.